The van der Waals surface area contributed by atoms with Gasteiger partial charge in [0.25, 0.3) is 0 Å². The van der Waals surface area contributed by atoms with E-state index in [2.05, 4.69) is 10.3 Å². The third kappa shape index (κ3) is 7.93. The molecule has 0 saturated carbocycles. The Morgan fingerprint density at radius 1 is 1.17 bits per heavy atom. The van der Waals surface area contributed by atoms with E-state index >= 15 is 0 Å². The molecule has 1 aliphatic rings. The number of ether oxygens (including phenoxy) is 1. The van der Waals surface area contributed by atoms with Gasteiger partial charge in [-0.1, -0.05) is 26.0 Å². The van der Waals surface area contributed by atoms with Gasteiger partial charge >= 0.3 is 6.09 Å². The first-order valence-electron chi connectivity index (χ1n) is 10.4. The van der Waals surface area contributed by atoms with Crippen molar-refractivity contribution in [2.75, 3.05) is 31.5 Å². The van der Waals surface area contributed by atoms with E-state index < -0.39 is 5.60 Å². The molecule has 3 N–H and O–H groups in total. The molecule has 2 rings (SSSR count). The SMILES string of the molecule is CC(C)CC(=O)Nc1cccc(CN=C(N)N2CCN(C(=O)OC(C)(C)C)CC2)c1. The standard InChI is InChI=1S/C22H35N5O3/c1-16(2)13-19(28)25-18-8-6-7-17(14-18)15-24-20(23)26-9-11-27(12-10-26)21(29)30-22(3,4)5/h6-8,14,16H,9-13,15H2,1-5H3,(H2,23,24)(H,25,28). The van der Waals surface area contributed by atoms with E-state index in [0.717, 1.165) is 11.3 Å². The number of carbonyl (C=O) groups excluding carboxylic acids is 2. The summed E-state index contributed by atoms with van der Waals surface area (Å²) in [7, 11) is 0. The monoisotopic (exact) mass is 417 g/mol. The maximum Gasteiger partial charge on any atom is 0.410 e. The fourth-order valence-electron chi connectivity index (χ4n) is 3.05. The van der Waals surface area contributed by atoms with Gasteiger partial charge in [0.15, 0.2) is 5.96 Å². The van der Waals surface area contributed by atoms with Crippen LogP contribution in [0, 0.1) is 5.92 Å². The summed E-state index contributed by atoms with van der Waals surface area (Å²) >= 11 is 0. The van der Waals surface area contributed by atoms with Gasteiger partial charge in [0.2, 0.25) is 5.91 Å². The zero-order chi connectivity index (χ0) is 22.3. The molecule has 0 spiro atoms. The quantitative estimate of drug-likeness (QED) is 0.567. The molecule has 1 aromatic carbocycles. The predicted octanol–water partition coefficient (Wildman–Crippen LogP) is 3.04. The van der Waals surface area contributed by atoms with Crippen LogP contribution < -0.4 is 11.1 Å². The second kappa shape index (κ2) is 10.3. The molecule has 0 aliphatic carbocycles. The Morgan fingerprint density at radius 3 is 2.40 bits per heavy atom. The van der Waals surface area contributed by atoms with Crippen LogP contribution in [0.1, 0.15) is 46.6 Å². The van der Waals surface area contributed by atoms with Gasteiger partial charge in [0, 0.05) is 38.3 Å². The number of aliphatic imine (C=N–C) groups is 1. The fourth-order valence-corrected chi connectivity index (χ4v) is 3.05. The lowest BCUT2D eigenvalue weighted by Crippen LogP contribution is -2.53. The Morgan fingerprint density at radius 2 is 1.80 bits per heavy atom. The normalized spacial score (nSPS) is 15.3. The molecule has 0 unspecified atom stereocenters. The number of guanidine groups is 1. The minimum atomic E-state index is -0.502. The summed E-state index contributed by atoms with van der Waals surface area (Å²) in [4.78, 5) is 32.3. The van der Waals surface area contributed by atoms with Crippen molar-refractivity contribution >= 4 is 23.6 Å². The highest BCUT2D eigenvalue weighted by Gasteiger charge is 2.26. The van der Waals surface area contributed by atoms with Crippen LogP contribution in [0.15, 0.2) is 29.3 Å². The summed E-state index contributed by atoms with van der Waals surface area (Å²) in [5.74, 6) is 0.773. The molecular weight excluding hydrogens is 382 g/mol. The number of anilines is 1. The van der Waals surface area contributed by atoms with E-state index in [9.17, 15) is 9.59 Å². The van der Waals surface area contributed by atoms with Crippen molar-refractivity contribution in [2.24, 2.45) is 16.6 Å². The summed E-state index contributed by atoms with van der Waals surface area (Å²) in [5.41, 5.74) is 7.39. The Balaban J connectivity index is 1.86. The third-order valence-electron chi connectivity index (χ3n) is 4.48. The van der Waals surface area contributed by atoms with Crippen LogP contribution in [0.5, 0.6) is 0 Å². The molecule has 1 saturated heterocycles. The molecule has 1 fully saturated rings. The van der Waals surface area contributed by atoms with Crippen molar-refractivity contribution in [1.82, 2.24) is 9.80 Å². The number of carbonyl (C=O) groups is 2. The second-order valence-electron chi connectivity index (χ2n) is 8.98. The van der Waals surface area contributed by atoms with E-state index in [4.69, 9.17) is 10.5 Å². The number of benzene rings is 1. The molecule has 30 heavy (non-hydrogen) atoms. The van der Waals surface area contributed by atoms with Crippen LogP contribution in [0.25, 0.3) is 0 Å². The predicted molar refractivity (Wildman–Crippen MR) is 119 cm³/mol. The molecule has 2 amide bonds. The van der Waals surface area contributed by atoms with Crippen LogP contribution in [0.4, 0.5) is 10.5 Å². The number of piperazine rings is 1. The van der Waals surface area contributed by atoms with Gasteiger partial charge < -0.3 is 25.6 Å². The summed E-state index contributed by atoms with van der Waals surface area (Å²) < 4.78 is 5.41. The Kier molecular flexibility index (Phi) is 8.08. The minimum absolute atomic E-state index is 0.00743. The molecule has 0 radical (unpaired) electrons. The third-order valence-corrected chi connectivity index (χ3v) is 4.48. The van der Waals surface area contributed by atoms with Gasteiger partial charge in [-0.05, 0) is 44.4 Å². The van der Waals surface area contributed by atoms with Crippen LogP contribution in [0.3, 0.4) is 0 Å². The molecule has 1 aromatic rings. The van der Waals surface area contributed by atoms with E-state index in [1.54, 1.807) is 4.90 Å². The molecule has 166 valence electrons. The Hall–Kier alpha value is -2.77. The molecule has 8 nitrogen and oxygen atoms in total. The first-order chi connectivity index (χ1) is 14.0. The zero-order valence-electron chi connectivity index (χ0n) is 18.8. The van der Waals surface area contributed by atoms with Gasteiger partial charge in [0.05, 0.1) is 6.54 Å². The van der Waals surface area contributed by atoms with Crippen LogP contribution >= 0.6 is 0 Å². The van der Waals surface area contributed by atoms with Gasteiger partial charge in [0.1, 0.15) is 5.60 Å². The lowest BCUT2D eigenvalue weighted by Gasteiger charge is -2.36. The molecule has 0 atom stereocenters. The van der Waals surface area contributed by atoms with E-state index in [0.29, 0.717) is 51.0 Å². The number of rotatable bonds is 5. The minimum Gasteiger partial charge on any atom is -0.444 e. The smallest absolute Gasteiger partial charge is 0.410 e. The van der Waals surface area contributed by atoms with E-state index in [1.807, 2.05) is 63.8 Å². The first kappa shape index (κ1) is 23.5. The van der Waals surface area contributed by atoms with Crippen molar-refractivity contribution in [1.29, 1.82) is 0 Å². The highest BCUT2D eigenvalue weighted by Crippen LogP contribution is 2.14. The summed E-state index contributed by atoms with van der Waals surface area (Å²) in [6, 6.07) is 7.63. The summed E-state index contributed by atoms with van der Waals surface area (Å²) in [6.45, 7) is 12.3. The molecule has 1 heterocycles. The molecule has 0 aromatic heterocycles. The number of hydrogen-bond acceptors (Lipinski definition) is 4. The van der Waals surface area contributed by atoms with E-state index in [1.165, 1.54) is 0 Å². The number of amides is 2. The number of nitrogens with two attached hydrogens (primary N) is 1. The van der Waals surface area contributed by atoms with E-state index in [-0.39, 0.29) is 12.0 Å². The number of nitrogens with one attached hydrogen (secondary N) is 1. The Bertz CT molecular complexity index is 762. The first-order valence-corrected chi connectivity index (χ1v) is 10.4. The topological polar surface area (TPSA) is 100 Å². The van der Waals surface area contributed by atoms with Crippen molar-refractivity contribution in [3.8, 4) is 0 Å². The molecular formula is C22H35N5O3. The maximum atomic E-state index is 12.2. The largest absolute Gasteiger partial charge is 0.444 e. The van der Waals surface area contributed by atoms with Crippen molar-refractivity contribution < 1.29 is 14.3 Å². The highest BCUT2D eigenvalue weighted by molar-refractivity contribution is 5.90. The number of nitrogens with zero attached hydrogens (tertiary/aromatic N) is 3. The number of hydrogen-bond donors (Lipinski definition) is 2. The molecule has 1 aliphatic heterocycles. The maximum absolute atomic E-state index is 12.2. The molecule has 0 bridgehead atoms. The van der Waals surface area contributed by atoms with Gasteiger partial charge in [-0.15, -0.1) is 0 Å². The summed E-state index contributed by atoms with van der Waals surface area (Å²) in [6.07, 6.45) is 0.193. The van der Waals surface area contributed by atoms with Crippen LogP contribution in [0.2, 0.25) is 0 Å². The summed E-state index contributed by atoms with van der Waals surface area (Å²) in [5, 5.41) is 2.92. The average Bonchev–Trinajstić information content (AvgIpc) is 2.64. The second-order valence-corrected chi connectivity index (χ2v) is 8.98. The van der Waals surface area contributed by atoms with Crippen molar-refractivity contribution in [2.45, 2.75) is 53.2 Å². The zero-order valence-corrected chi connectivity index (χ0v) is 18.8. The van der Waals surface area contributed by atoms with Crippen molar-refractivity contribution in [3.05, 3.63) is 29.8 Å². The van der Waals surface area contributed by atoms with Crippen LogP contribution in [-0.2, 0) is 16.1 Å². The lowest BCUT2D eigenvalue weighted by molar-refractivity contribution is -0.116. The van der Waals surface area contributed by atoms with Crippen molar-refractivity contribution in [3.63, 3.8) is 0 Å². The highest BCUT2D eigenvalue weighted by atomic mass is 16.6. The lowest BCUT2D eigenvalue weighted by atomic mass is 10.1. The Labute approximate surface area is 179 Å². The molecule has 8 heteroatoms. The van der Waals surface area contributed by atoms with Gasteiger partial charge in [-0.3, -0.25) is 4.79 Å². The van der Waals surface area contributed by atoms with Crippen LogP contribution in [-0.4, -0.2) is 59.5 Å². The average molecular weight is 418 g/mol. The van der Waals surface area contributed by atoms with Gasteiger partial charge in [-0.2, -0.15) is 0 Å². The fraction of sp³-hybridized carbons (Fsp3) is 0.591. The van der Waals surface area contributed by atoms with Gasteiger partial charge in [-0.25, -0.2) is 9.79 Å².